The maximum Gasteiger partial charge on any atom is 0.248 e. The van der Waals surface area contributed by atoms with Gasteiger partial charge in [-0.2, -0.15) is 0 Å². The lowest BCUT2D eigenvalue weighted by molar-refractivity contribution is -0.173. The summed E-state index contributed by atoms with van der Waals surface area (Å²) in [5, 5.41) is 0.389. The standard InChI is InChI=1S/C8H15NO2/c1-9(11-2)8(10)7-5-3-4-6-7/h7H,3-6H2,1-2H3/i3D2,4D2,5D2,6D2,7D. The fourth-order valence-corrected chi connectivity index (χ4v) is 0.566. The van der Waals surface area contributed by atoms with Crippen molar-refractivity contribution in [3.63, 3.8) is 0 Å². The van der Waals surface area contributed by atoms with E-state index in [2.05, 4.69) is 4.84 Å². The first kappa shape index (κ1) is 2.46. The molecule has 0 atom stereocenters. The van der Waals surface area contributed by atoms with Gasteiger partial charge < -0.3 is 0 Å². The average Bonchev–Trinajstić information content (AvgIpc) is 2.38. The van der Waals surface area contributed by atoms with E-state index in [0.29, 0.717) is 5.06 Å². The first-order chi connectivity index (χ1) is 8.64. The molecule has 3 nitrogen and oxygen atoms in total. The Hall–Kier alpha value is -0.570. The summed E-state index contributed by atoms with van der Waals surface area (Å²) < 4.78 is 68.8. The van der Waals surface area contributed by atoms with Gasteiger partial charge in [0.15, 0.2) is 0 Å². The molecular weight excluding hydrogens is 142 g/mol. The van der Waals surface area contributed by atoms with Crippen LogP contribution in [-0.2, 0) is 9.63 Å². The molecule has 0 spiro atoms. The highest BCUT2D eigenvalue weighted by molar-refractivity contribution is 5.77. The number of carbonyl (C=O) groups excluding carboxylic acids is 1. The van der Waals surface area contributed by atoms with Crippen molar-refractivity contribution >= 4 is 5.91 Å². The lowest BCUT2D eigenvalue weighted by Crippen LogP contribution is -2.30. The zero-order valence-electron chi connectivity index (χ0n) is 15.3. The van der Waals surface area contributed by atoms with E-state index in [-0.39, 0.29) is 0 Å². The molecule has 0 N–H and O–H groups in total. The van der Waals surface area contributed by atoms with Gasteiger partial charge >= 0.3 is 0 Å². The fourth-order valence-electron chi connectivity index (χ4n) is 0.566. The van der Waals surface area contributed by atoms with Crippen molar-refractivity contribution in [2.24, 2.45) is 5.89 Å². The number of nitrogens with zero attached hydrogens (tertiary/aromatic N) is 1. The van der Waals surface area contributed by atoms with E-state index in [1.807, 2.05) is 0 Å². The molecule has 1 aliphatic carbocycles. The lowest BCUT2D eigenvalue weighted by atomic mass is 10.1. The highest BCUT2D eigenvalue weighted by Crippen LogP contribution is 2.25. The van der Waals surface area contributed by atoms with Crippen molar-refractivity contribution in [1.82, 2.24) is 5.06 Å². The summed E-state index contributed by atoms with van der Waals surface area (Å²) in [6.07, 6.45) is -13.6. The van der Waals surface area contributed by atoms with Crippen molar-refractivity contribution in [3.05, 3.63) is 0 Å². The van der Waals surface area contributed by atoms with Crippen molar-refractivity contribution in [1.29, 1.82) is 0 Å². The number of carbonyl (C=O) groups is 1. The summed E-state index contributed by atoms with van der Waals surface area (Å²) in [5.41, 5.74) is 0. The SMILES string of the molecule is [2H]C1([2H])C([2H])([2H])C([2H])([2H])C([2H])(C(=O)N(C)OC)C1([2H])[2H]. The Labute approximate surface area is 79.9 Å². The molecule has 1 rings (SSSR count). The molecule has 0 saturated heterocycles. The first-order valence-electron chi connectivity index (χ1n) is 7.47. The van der Waals surface area contributed by atoms with E-state index >= 15 is 0 Å². The van der Waals surface area contributed by atoms with Crippen LogP contribution in [0.15, 0.2) is 0 Å². The third kappa shape index (κ3) is 1.93. The van der Waals surface area contributed by atoms with Gasteiger partial charge in [0.05, 0.1) is 7.11 Å². The minimum absolute atomic E-state index is 0.389. The van der Waals surface area contributed by atoms with Crippen LogP contribution in [-0.4, -0.2) is 25.1 Å². The van der Waals surface area contributed by atoms with Gasteiger partial charge in [-0.3, -0.25) is 9.63 Å². The molecule has 1 fully saturated rings. The third-order valence-corrected chi connectivity index (χ3v) is 1.21. The average molecular weight is 166 g/mol. The molecule has 0 aromatic heterocycles. The fraction of sp³-hybridized carbons (Fsp3) is 0.875. The molecule has 0 aromatic carbocycles. The van der Waals surface area contributed by atoms with Crippen LogP contribution in [0.1, 0.15) is 37.8 Å². The molecular formula is C8H15NO2. The van der Waals surface area contributed by atoms with E-state index in [1.165, 1.54) is 0 Å². The number of hydrogen-bond donors (Lipinski definition) is 0. The van der Waals surface area contributed by atoms with Gasteiger partial charge in [0.2, 0.25) is 5.91 Å². The van der Waals surface area contributed by atoms with E-state index in [9.17, 15) is 4.79 Å². The van der Waals surface area contributed by atoms with Gasteiger partial charge in [-0.1, -0.05) is 12.7 Å². The largest absolute Gasteiger partial charge is 0.275 e. The van der Waals surface area contributed by atoms with Gasteiger partial charge in [0.25, 0.3) is 0 Å². The molecule has 0 heterocycles. The monoisotopic (exact) mass is 166 g/mol. The summed E-state index contributed by atoms with van der Waals surface area (Å²) in [5.74, 6) is -4.84. The van der Waals surface area contributed by atoms with E-state index < -0.39 is 37.3 Å². The van der Waals surface area contributed by atoms with Crippen LogP contribution in [0.2, 0.25) is 0 Å². The van der Waals surface area contributed by atoms with Gasteiger partial charge in [0, 0.05) is 25.3 Å². The molecule has 64 valence electrons. The second-order valence-electron chi connectivity index (χ2n) is 1.86. The number of hydrogen-bond acceptors (Lipinski definition) is 2. The van der Waals surface area contributed by atoms with Gasteiger partial charge in [-0.25, -0.2) is 5.06 Å². The predicted molar refractivity (Wildman–Crippen MR) is 41.7 cm³/mol. The maximum atomic E-state index is 12.1. The Morgan fingerprint density at radius 2 is 2.27 bits per heavy atom. The van der Waals surface area contributed by atoms with Crippen molar-refractivity contribution in [3.8, 4) is 0 Å². The smallest absolute Gasteiger partial charge is 0.248 e. The maximum absolute atomic E-state index is 12.1. The summed E-state index contributed by atoms with van der Waals surface area (Å²) in [7, 11) is 2.04. The van der Waals surface area contributed by atoms with Crippen molar-refractivity contribution in [2.45, 2.75) is 25.5 Å². The summed E-state index contributed by atoms with van der Waals surface area (Å²) in [6, 6.07) is 0. The number of rotatable bonds is 2. The minimum atomic E-state index is -3.41. The van der Waals surface area contributed by atoms with E-state index in [4.69, 9.17) is 12.3 Å². The molecule has 3 heteroatoms. The van der Waals surface area contributed by atoms with Gasteiger partial charge in [0.1, 0.15) is 0 Å². The minimum Gasteiger partial charge on any atom is -0.275 e. The van der Waals surface area contributed by atoms with Crippen molar-refractivity contribution in [2.75, 3.05) is 14.2 Å². The van der Waals surface area contributed by atoms with Crippen LogP contribution < -0.4 is 0 Å². The Bertz CT molecular complexity index is 410. The lowest BCUT2D eigenvalue weighted by Gasteiger charge is -2.17. The highest BCUT2D eigenvalue weighted by atomic mass is 16.7. The zero-order valence-corrected chi connectivity index (χ0v) is 6.26. The summed E-state index contributed by atoms with van der Waals surface area (Å²) in [4.78, 5) is 16.6. The molecule has 0 aliphatic heterocycles. The molecule has 0 bridgehead atoms. The number of hydroxylamine groups is 2. The first-order valence-corrected chi connectivity index (χ1v) is 2.97. The highest BCUT2D eigenvalue weighted by Gasteiger charge is 2.25. The van der Waals surface area contributed by atoms with Crippen LogP contribution in [0.25, 0.3) is 0 Å². The van der Waals surface area contributed by atoms with Crippen LogP contribution in [0.5, 0.6) is 0 Å². The molecule has 1 saturated carbocycles. The van der Waals surface area contributed by atoms with Gasteiger partial charge in [-0.05, 0) is 12.7 Å². The summed E-state index contributed by atoms with van der Waals surface area (Å²) in [6.45, 7) is 0. The Morgan fingerprint density at radius 3 is 2.73 bits per heavy atom. The third-order valence-electron chi connectivity index (χ3n) is 1.21. The quantitative estimate of drug-likeness (QED) is 0.577. The Kier molecular flexibility index (Phi) is 0.830. The predicted octanol–water partition coefficient (Wildman–Crippen LogP) is 1.20. The molecule has 0 unspecified atom stereocenters. The molecule has 1 aliphatic rings. The van der Waals surface area contributed by atoms with E-state index in [0.717, 1.165) is 14.2 Å². The van der Waals surface area contributed by atoms with Crippen LogP contribution in [0.4, 0.5) is 0 Å². The zero-order chi connectivity index (χ0) is 16.4. The topological polar surface area (TPSA) is 29.5 Å². The van der Waals surface area contributed by atoms with Crippen LogP contribution >= 0.6 is 0 Å². The van der Waals surface area contributed by atoms with E-state index in [1.54, 1.807) is 0 Å². The summed E-state index contributed by atoms with van der Waals surface area (Å²) >= 11 is 0. The van der Waals surface area contributed by atoms with Crippen molar-refractivity contribution < 1.29 is 22.0 Å². The van der Waals surface area contributed by atoms with Crippen LogP contribution in [0.3, 0.4) is 0 Å². The molecule has 0 radical (unpaired) electrons. The van der Waals surface area contributed by atoms with Gasteiger partial charge in [-0.15, -0.1) is 0 Å². The second-order valence-corrected chi connectivity index (χ2v) is 1.86. The Balaban J connectivity index is 3.65. The second kappa shape index (κ2) is 3.72. The number of amides is 1. The molecule has 11 heavy (non-hydrogen) atoms. The normalized spacial score (nSPS) is 52.0. The molecule has 0 aromatic rings. The van der Waals surface area contributed by atoms with Crippen LogP contribution in [0, 0.1) is 5.89 Å². The molecule has 1 amide bonds. The Morgan fingerprint density at radius 1 is 1.73 bits per heavy atom.